The SMILES string of the molecule is CCC(=O)OCCc1cccc(F)c1.Cl. The van der Waals surface area contributed by atoms with Gasteiger partial charge < -0.3 is 4.74 Å². The monoisotopic (exact) mass is 232 g/mol. The van der Waals surface area contributed by atoms with E-state index >= 15 is 0 Å². The average Bonchev–Trinajstić information content (AvgIpc) is 2.17. The van der Waals surface area contributed by atoms with Crippen LogP contribution < -0.4 is 0 Å². The van der Waals surface area contributed by atoms with E-state index in [2.05, 4.69) is 0 Å². The third-order valence-corrected chi connectivity index (χ3v) is 1.83. The van der Waals surface area contributed by atoms with Crippen molar-refractivity contribution in [3.05, 3.63) is 35.6 Å². The maximum Gasteiger partial charge on any atom is 0.305 e. The van der Waals surface area contributed by atoms with Crippen LogP contribution in [0.15, 0.2) is 24.3 Å². The van der Waals surface area contributed by atoms with Crippen molar-refractivity contribution in [1.29, 1.82) is 0 Å². The molecule has 0 unspecified atom stereocenters. The standard InChI is InChI=1S/C11H13FO2.ClH/c1-2-11(13)14-7-6-9-4-3-5-10(12)8-9;/h3-5,8H,2,6-7H2,1H3;1H. The molecule has 0 fully saturated rings. The van der Waals surface area contributed by atoms with Crippen molar-refractivity contribution in [3.63, 3.8) is 0 Å². The van der Waals surface area contributed by atoms with Crippen molar-refractivity contribution >= 4 is 18.4 Å². The van der Waals surface area contributed by atoms with Crippen molar-refractivity contribution in [2.24, 2.45) is 0 Å². The molecule has 0 bridgehead atoms. The lowest BCUT2D eigenvalue weighted by atomic mass is 10.2. The molecular weight excluding hydrogens is 219 g/mol. The van der Waals surface area contributed by atoms with E-state index in [0.29, 0.717) is 19.4 Å². The first kappa shape index (κ1) is 13.9. The van der Waals surface area contributed by atoms with E-state index in [0.717, 1.165) is 5.56 Å². The van der Waals surface area contributed by atoms with Gasteiger partial charge >= 0.3 is 5.97 Å². The van der Waals surface area contributed by atoms with Crippen molar-refractivity contribution in [3.8, 4) is 0 Å². The van der Waals surface area contributed by atoms with Crippen molar-refractivity contribution < 1.29 is 13.9 Å². The molecule has 0 heterocycles. The summed E-state index contributed by atoms with van der Waals surface area (Å²) in [7, 11) is 0. The Labute approximate surface area is 94.8 Å². The number of carbonyl (C=O) groups excluding carboxylic acids is 1. The van der Waals surface area contributed by atoms with Crippen molar-refractivity contribution in [1.82, 2.24) is 0 Å². The molecule has 0 atom stereocenters. The lowest BCUT2D eigenvalue weighted by molar-refractivity contribution is -0.143. The highest BCUT2D eigenvalue weighted by atomic mass is 35.5. The van der Waals surface area contributed by atoms with Gasteiger partial charge in [-0.15, -0.1) is 12.4 Å². The zero-order valence-electron chi connectivity index (χ0n) is 8.53. The Morgan fingerprint density at radius 3 is 2.80 bits per heavy atom. The lowest BCUT2D eigenvalue weighted by Gasteiger charge is -2.03. The van der Waals surface area contributed by atoms with Crippen LogP contribution in [0.4, 0.5) is 4.39 Å². The number of halogens is 2. The van der Waals surface area contributed by atoms with E-state index in [1.165, 1.54) is 12.1 Å². The second kappa shape index (κ2) is 7.23. The average molecular weight is 233 g/mol. The number of hydrogen-bond acceptors (Lipinski definition) is 2. The van der Waals surface area contributed by atoms with E-state index in [1.807, 2.05) is 6.07 Å². The fraction of sp³-hybridized carbons (Fsp3) is 0.364. The van der Waals surface area contributed by atoms with E-state index in [1.54, 1.807) is 13.0 Å². The number of ether oxygens (including phenoxy) is 1. The first-order valence-corrected chi connectivity index (χ1v) is 4.62. The van der Waals surface area contributed by atoms with Gasteiger partial charge in [0.1, 0.15) is 5.82 Å². The van der Waals surface area contributed by atoms with Gasteiger partial charge in [-0.1, -0.05) is 19.1 Å². The van der Waals surface area contributed by atoms with E-state index < -0.39 is 0 Å². The van der Waals surface area contributed by atoms with Crippen LogP contribution in [-0.4, -0.2) is 12.6 Å². The molecule has 0 saturated heterocycles. The van der Waals surface area contributed by atoms with Gasteiger partial charge in [-0.2, -0.15) is 0 Å². The number of rotatable bonds is 4. The van der Waals surface area contributed by atoms with Crippen molar-refractivity contribution in [2.45, 2.75) is 19.8 Å². The zero-order chi connectivity index (χ0) is 10.4. The molecule has 1 aromatic carbocycles. The molecule has 0 radical (unpaired) electrons. The van der Waals surface area contributed by atoms with Gasteiger partial charge in [0.15, 0.2) is 0 Å². The number of esters is 1. The molecule has 0 aliphatic carbocycles. The molecule has 0 amide bonds. The molecular formula is C11H14ClFO2. The highest BCUT2D eigenvalue weighted by Crippen LogP contribution is 2.04. The molecule has 0 saturated carbocycles. The minimum Gasteiger partial charge on any atom is -0.465 e. The normalized spacial score (nSPS) is 9.20. The van der Waals surface area contributed by atoms with Gasteiger partial charge in [-0.3, -0.25) is 4.79 Å². The molecule has 0 aromatic heterocycles. The van der Waals surface area contributed by atoms with Gasteiger partial charge in [0.05, 0.1) is 6.61 Å². The molecule has 0 aliphatic rings. The Hall–Kier alpha value is -1.09. The Bertz CT molecular complexity index is 315. The summed E-state index contributed by atoms with van der Waals surface area (Å²) in [6.45, 7) is 2.06. The van der Waals surface area contributed by atoms with Gasteiger partial charge in [0.2, 0.25) is 0 Å². The minimum absolute atomic E-state index is 0. The third kappa shape index (κ3) is 5.37. The van der Waals surface area contributed by atoms with Crippen LogP contribution in [-0.2, 0) is 16.0 Å². The molecule has 15 heavy (non-hydrogen) atoms. The maximum absolute atomic E-state index is 12.7. The van der Waals surface area contributed by atoms with Gasteiger partial charge in [-0.05, 0) is 17.7 Å². The van der Waals surface area contributed by atoms with E-state index in [-0.39, 0.29) is 24.2 Å². The van der Waals surface area contributed by atoms with Crippen LogP contribution >= 0.6 is 12.4 Å². The second-order valence-corrected chi connectivity index (χ2v) is 2.95. The molecule has 0 spiro atoms. The quantitative estimate of drug-likeness (QED) is 0.747. The number of hydrogen-bond donors (Lipinski definition) is 0. The zero-order valence-corrected chi connectivity index (χ0v) is 9.35. The van der Waals surface area contributed by atoms with Crippen LogP contribution in [0.5, 0.6) is 0 Å². The van der Waals surface area contributed by atoms with E-state index in [9.17, 15) is 9.18 Å². The summed E-state index contributed by atoms with van der Waals surface area (Å²) < 4.78 is 17.6. The fourth-order valence-corrected chi connectivity index (χ4v) is 1.08. The Morgan fingerprint density at radius 1 is 1.47 bits per heavy atom. The summed E-state index contributed by atoms with van der Waals surface area (Å²) in [4.78, 5) is 10.8. The minimum atomic E-state index is -0.260. The summed E-state index contributed by atoms with van der Waals surface area (Å²) >= 11 is 0. The van der Waals surface area contributed by atoms with Crippen LogP contribution in [0.1, 0.15) is 18.9 Å². The molecule has 0 N–H and O–H groups in total. The largest absolute Gasteiger partial charge is 0.465 e. The smallest absolute Gasteiger partial charge is 0.305 e. The summed E-state index contributed by atoms with van der Waals surface area (Å²) in [5, 5.41) is 0. The number of benzene rings is 1. The molecule has 2 nitrogen and oxygen atoms in total. The lowest BCUT2D eigenvalue weighted by Crippen LogP contribution is -2.06. The van der Waals surface area contributed by atoms with Crippen LogP contribution in [0.2, 0.25) is 0 Å². The van der Waals surface area contributed by atoms with Gasteiger partial charge in [0, 0.05) is 12.8 Å². The molecule has 1 rings (SSSR count). The Balaban J connectivity index is 0.00000196. The topological polar surface area (TPSA) is 26.3 Å². The summed E-state index contributed by atoms with van der Waals surface area (Å²) in [6, 6.07) is 6.29. The molecule has 1 aromatic rings. The molecule has 0 aliphatic heterocycles. The van der Waals surface area contributed by atoms with Crippen LogP contribution in [0.25, 0.3) is 0 Å². The van der Waals surface area contributed by atoms with Gasteiger partial charge in [-0.25, -0.2) is 4.39 Å². The Morgan fingerprint density at radius 2 is 2.20 bits per heavy atom. The fourth-order valence-electron chi connectivity index (χ4n) is 1.08. The van der Waals surface area contributed by atoms with Gasteiger partial charge in [0.25, 0.3) is 0 Å². The van der Waals surface area contributed by atoms with Crippen LogP contribution in [0, 0.1) is 5.82 Å². The van der Waals surface area contributed by atoms with E-state index in [4.69, 9.17) is 4.74 Å². The predicted octanol–water partition coefficient (Wildman–Crippen LogP) is 2.74. The van der Waals surface area contributed by atoms with Crippen LogP contribution in [0.3, 0.4) is 0 Å². The first-order valence-electron chi connectivity index (χ1n) is 4.62. The Kier molecular flexibility index (Phi) is 6.71. The first-order chi connectivity index (χ1) is 6.72. The number of carbonyl (C=O) groups is 1. The van der Waals surface area contributed by atoms with Crippen molar-refractivity contribution in [2.75, 3.05) is 6.61 Å². The maximum atomic E-state index is 12.7. The molecule has 4 heteroatoms. The predicted molar refractivity (Wildman–Crippen MR) is 58.6 cm³/mol. The summed E-state index contributed by atoms with van der Waals surface area (Å²) in [5.74, 6) is -0.481. The second-order valence-electron chi connectivity index (χ2n) is 2.95. The highest BCUT2D eigenvalue weighted by molar-refractivity contribution is 5.85. The third-order valence-electron chi connectivity index (χ3n) is 1.83. The molecule has 84 valence electrons. The highest BCUT2D eigenvalue weighted by Gasteiger charge is 1.99. The summed E-state index contributed by atoms with van der Waals surface area (Å²) in [5.41, 5.74) is 0.842. The summed E-state index contributed by atoms with van der Waals surface area (Å²) in [6.07, 6.45) is 0.937.